The van der Waals surface area contributed by atoms with E-state index in [1.54, 1.807) is 0 Å². The van der Waals surface area contributed by atoms with Crippen molar-refractivity contribution in [1.82, 2.24) is 4.98 Å². The largest absolute Gasteiger partial charge is 0.343 e. The predicted octanol–water partition coefficient (Wildman–Crippen LogP) is 1.29. The average molecular weight is 158 g/mol. The maximum absolute atomic E-state index is 10.1. The predicted molar refractivity (Wildman–Crippen MR) is 36.6 cm³/mol. The maximum atomic E-state index is 10.1. The Hall–Kier alpha value is -1.09. The Bertz CT molecular complexity index is 267. The van der Waals surface area contributed by atoms with E-state index >= 15 is 0 Å². The van der Waals surface area contributed by atoms with Gasteiger partial charge in [-0.3, -0.25) is 9.59 Å². The van der Waals surface area contributed by atoms with E-state index in [0.29, 0.717) is 23.8 Å². The minimum absolute atomic E-state index is 0.206. The average Bonchev–Trinajstić information content (AvgIpc) is 2.30. The third kappa shape index (κ3) is 1.09. The molecule has 1 N–H and O–H groups in total. The highest BCUT2D eigenvalue weighted by atomic mass is 35.5. The summed E-state index contributed by atoms with van der Waals surface area (Å²) in [5.74, 6) is 0. The maximum Gasteiger partial charge on any atom is 0.166 e. The Morgan fingerprint density at radius 3 is 2.40 bits per heavy atom. The van der Waals surface area contributed by atoms with Crippen LogP contribution in [0.2, 0.25) is 5.15 Å². The molecule has 0 aliphatic heterocycles. The van der Waals surface area contributed by atoms with Gasteiger partial charge in [-0.1, -0.05) is 11.6 Å². The second-order valence-corrected chi connectivity index (χ2v) is 2.11. The lowest BCUT2D eigenvalue weighted by molar-refractivity contribution is 0.111. The molecule has 0 amide bonds. The zero-order valence-electron chi connectivity index (χ0n) is 4.93. The molecule has 52 valence electrons. The molecule has 1 heterocycles. The van der Waals surface area contributed by atoms with Crippen molar-refractivity contribution in [1.29, 1.82) is 0 Å². The lowest BCUT2D eigenvalue weighted by Crippen LogP contribution is -1.73. The molecule has 0 spiro atoms. The van der Waals surface area contributed by atoms with Gasteiger partial charge in [-0.2, -0.15) is 0 Å². The van der Waals surface area contributed by atoms with Crippen molar-refractivity contribution in [2.75, 3.05) is 0 Å². The summed E-state index contributed by atoms with van der Waals surface area (Å²) < 4.78 is 0. The molecule has 0 radical (unpaired) electrons. The first-order chi connectivity index (χ1) is 4.77. The van der Waals surface area contributed by atoms with Crippen LogP contribution in [0.5, 0.6) is 0 Å². The van der Waals surface area contributed by atoms with E-state index in [2.05, 4.69) is 4.98 Å². The van der Waals surface area contributed by atoms with Gasteiger partial charge in [0, 0.05) is 0 Å². The van der Waals surface area contributed by atoms with Gasteiger partial charge in [-0.15, -0.1) is 0 Å². The fourth-order valence-electron chi connectivity index (χ4n) is 0.615. The van der Waals surface area contributed by atoms with Crippen molar-refractivity contribution < 1.29 is 9.59 Å². The van der Waals surface area contributed by atoms with Crippen molar-refractivity contribution in [3.63, 3.8) is 0 Å². The normalized spacial score (nSPS) is 9.30. The molecule has 1 aromatic rings. The molecule has 0 unspecified atom stereocenters. The SMILES string of the molecule is O=Cc1cc(C=O)c(Cl)[nH]1. The Labute approximate surface area is 62.0 Å². The highest BCUT2D eigenvalue weighted by Crippen LogP contribution is 2.12. The van der Waals surface area contributed by atoms with Crippen molar-refractivity contribution >= 4 is 24.2 Å². The van der Waals surface area contributed by atoms with E-state index in [1.165, 1.54) is 6.07 Å². The van der Waals surface area contributed by atoms with Crippen LogP contribution in [0.1, 0.15) is 20.8 Å². The van der Waals surface area contributed by atoms with Gasteiger partial charge >= 0.3 is 0 Å². The highest BCUT2D eigenvalue weighted by molar-refractivity contribution is 6.32. The van der Waals surface area contributed by atoms with Crippen LogP contribution < -0.4 is 0 Å². The molecule has 3 nitrogen and oxygen atoms in total. The number of aromatic amines is 1. The summed E-state index contributed by atoms with van der Waals surface area (Å²) in [6.07, 6.45) is 1.19. The van der Waals surface area contributed by atoms with Gasteiger partial charge in [-0.25, -0.2) is 0 Å². The van der Waals surface area contributed by atoms with Crippen LogP contribution in [0.25, 0.3) is 0 Å². The van der Waals surface area contributed by atoms with Crippen molar-refractivity contribution in [3.8, 4) is 0 Å². The topological polar surface area (TPSA) is 49.9 Å². The van der Waals surface area contributed by atoms with Gasteiger partial charge < -0.3 is 4.98 Å². The number of aldehydes is 2. The van der Waals surface area contributed by atoms with E-state index in [9.17, 15) is 9.59 Å². The summed E-state index contributed by atoms with van der Waals surface area (Å²) in [7, 11) is 0. The van der Waals surface area contributed by atoms with E-state index in [-0.39, 0.29) is 5.15 Å². The van der Waals surface area contributed by atoms with Crippen molar-refractivity contribution in [2.24, 2.45) is 0 Å². The summed E-state index contributed by atoms with van der Waals surface area (Å²) in [6.45, 7) is 0. The van der Waals surface area contributed by atoms with Crippen molar-refractivity contribution in [3.05, 3.63) is 22.5 Å². The number of carbonyl (C=O) groups excluding carboxylic acids is 2. The van der Waals surface area contributed by atoms with Gasteiger partial charge in [0.15, 0.2) is 12.6 Å². The molecule has 0 bridgehead atoms. The van der Waals surface area contributed by atoms with Gasteiger partial charge in [0.2, 0.25) is 0 Å². The second kappa shape index (κ2) is 2.66. The zero-order valence-corrected chi connectivity index (χ0v) is 5.68. The third-order valence-corrected chi connectivity index (χ3v) is 1.39. The zero-order chi connectivity index (χ0) is 7.56. The summed E-state index contributed by atoms with van der Waals surface area (Å²) in [5, 5.41) is 0.206. The molecule has 0 saturated carbocycles. The van der Waals surface area contributed by atoms with Gasteiger partial charge in [-0.05, 0) is 6.07 Å². The molecule has 1 aromatic heterocycles. The first-order valence-electron chi connectivity index (χ1n) is 2.57. The van der Waals surface area contributed by atoms with E-state index in [0.717, 1.165) is 0 Å². The first kappa shape index (κ1) is 7.02. The molecule has 0 aliphatic carbocycles. The number of hydrogen-bond donors (Lipinski definition) is 1. The number of nitrogens with one attached hydrogen (secondary N) is 1. The molecule has 0 saturated heterocycles. The Balaban J connectivity index is 3.15. The van der Waals surface area contributed by atoms with Gasteiger partial charge in [0.1, 0.15) is 5.15 Å². The number of rotatable bonds is 2. The second-order valence-electron chi connectivity index (χ2n) is 1.73. The summed E-state index contributed by atoms with van der Waals surface area (Å²) in [6, 6.07) is 1.39. The molecule has 10 heavy (non-hydrogen) atoms. The molecular formula is C6H4ClNO2. The number of carbonyl (C=O) groups is 2. The fourth-order valence-corrected chi connectivity index (χ4v) is 0.823. The number of hydrogen-bond acceptors (Lipinski definition) is 2. The number of aromatic nitrogens is 1. The lowest BCUT2D eigenvalue weighted by atomic mass is 10.3. The summed E-state index contributed by atoms with van der Waals surface area (Å²) in [5.41, 5.74) is 0.621. The minimum atomic E-state index is 0.206. The molecular weight excluding hydrogens is 154 g/mol. The van der Waals surface area contributed by atoms with Crippen LogP contribution in [0.15, 0.2) is 6.07 Å². The number of H-pyrrole nitrogens is 1. The number of halogens is 1. The Kier molecular flexibility index (Phi) is 1.87. The molecule has 0 atom stereocenters. The Morgan fingerprint density at radius 2 is 2.10 bits per heavy atom. The fraction of sp³-hybridized carbons (Fsp3) is 0. The molecule has 4 heteroatoms. The lowest BCUT2D eigenvalue weighted by Gasteiger charge is -1.78. The monoisotopic (exact) mass is 157 g/mol. The summed E-state index contributed by atoms with van der Waals surface area (Å²) in [4.78, 5) is 22.7. The van der Waals surface area contributed by atoms with E-state index < -0.39 is 0 Å². The Morgan fingerprint density at radius 1 is 1.40 bits per heavy atom. The van der Waals surface area contributed by atoms with Crippen LogP contribution >= 0.6 is 11.6 Å². The van der Waals surface area contributed by atoms with Gasteiger partial charge in [0.05, 0.1) is 11.3 Å². The highest BCUT2D eigenvalue weighted by Gasteiger charge is 2.02. The smallest absolute Gasteiger partial charge is 0.166 e. The van der Waals surface area contributed by atoms with Crippen molar-refractivity contribution in [2.45, 2.75) is 0 Å². The van der Waals surface area contributed by atoms with E-state index in [1.807, 2.05) is 0 Å². The van der Waals surface area contributed by atoms with Crippen LogP contribution in [-0.4, -0.2) is 17.6 Å². The molecule has 0 fully saturated rings. The minimum Gasteiger partial charge on any atom is -0.343 e. The molecule has 0 aliphatic rings. The van der Waals surface area contributed by atoms with Gasteiger partial charge in [0.25, 0.3) is 0 Å². The standard InChI is InChI=1S/C6H4ClNO2/c7-6-4(2-9)1-5(3-10)8-6/h1-3,8H. The first-order valence-corrected chi connectivity index (χ1v) is 2.94. The van der Waals surface area contributed by atoms with Crippen LogP contribution in [0.4, 0.5) is 0 Å². The third-order valence-electron chi connectivity index (χ3n) is 1.07. The van der Waals surface area contributed by atoms with E-state index in [4.69, 9.17) is 11.6 Å². The van der Waals surface area contributed by atoms with Crippen LogP contribution in [-0.2, 0) is 0 Å². The molecule has 0 aromatic carbocycles. The van der Waals surface area contributed by atoms with Crippen LogP contribution in [0.3, 0.4) is 0 Å². The summed E-state index contributed by atoms with van der Waals surface area (Å²) >= 11 is 5.48. The van der Waals surface area contributed by atoms with Crippen LogP contribution in [0, 0.1) is 0 Å². The quantitative estimate of drug-likeness (QED) is 0.658. The molecule has 1 rings (SSSR count).